The fourth-order valence-electron chi connectivity index (χ4n) is 2.70. The minimum Gasteiger partial charge on any atom is -0.334 e. The Kier molecular flexibility index (Phi) is 4.24. The number of nitrogens with one attached hydrogen (secondary N) is 1. The Morgan fingerprint density at radius 2 is 2.06 bits per heavy atom. The van der Waals surface area contributed by atoms with Gasteiger partial charge in [0.15, 0.2) is 0 Å². The molecule has 1 saturated heterocycles. The second kappa shape index (κ2) is 5.89. The highest BCUT2D eigenvalue weighted by atomic mass is 16.2. The van der Waals surface area contributed by atoms with Crippen LogP contribution in [0.15, 0.2) is 30.3 Å². The average molecular weight is 246 g/mol. The van der Waals surface area contributed by atoms with E-state index in [1.54, 1.807) is 0 Å². The van der Waals surface area contributed by atoms with Crippen molar-refractivity contribution in [2.75, 3.05) is 0 Å². The minimum atomic E-state index is 0.0794. The van der Waals surface area contributed by atoms with Gasteiger partial charge in [-0.25, -0.2) is 4.79 Å². The van der Waals surface area contributed by atoms with E-state index >= 15 is 0 Å². The first-order valence-corrected chi connectivity index (χ1v) is 6.82. The Morgan fingerprint density at radius 3 is 2.72 bits per heavy atom. The van der Waals surface area contributed by atoms with Crippen molar-refractivity contribution in [2.45, 2.75) is 51.7 Å². The van der Waals surface area contributed by atoms with E-state index in [1.165, 1.54) is 0 Å². The minimum absolute atomic E-state index is 0.0794. The third kappa shape index (κ3) is 2.84. The Bertz CT molecular complexity index is 391. The largest absolute Gasteiger partial charge is 0.334 e. The van der Waals surface area contributed by atoms with Crippen LogP contribution in [-0.2, 0) is 6.54 Å². The number of carbonyl (C=O) groups excluding carboxylic acids is 1. The highest BCUT2D eigenvalue weighted by molar-refractivity contribution is 5.75. The summed E-state index contributed by atoms with van der Waals surface area (Å²) in [5, 5.41) is 3.02. The van der Waals surface area contributed by atoms with Crippen molar-refractivity contribution >= 4 is 6.03 Å². The molecule has 0 radical (unpaired) electrons. The lowest BCUT2D eigenvalue weighted by Gasteiger charge is -2.28. The zero-order chi connectivity index (χ0) is 13.0. The molecule has 2 atom stereocenters. The van der Waals surface area contributed by atoms with E-state index in [4.69, 9.17) is 0 Å². The van der Waals surface area contributed by atoms with Gasteiger partial charge >= 0.3 is 6.03 Å². The lowest BCUT2D eigenvalue weighted by molar-refractivity contribution is 0.174. The number of amides is 2. The van der Waals surface area contributed by atoms with Gasteiger partial charge in [0, 0.05) is 18.6 Å². The molecule has 1 aromatic rings. The van der Waals surface area contributed by atoms with E-state index in [0.29, 0.717) is 18.6 Å². The van der Waals surface area contributed by atoms with Gasteiger partial charge in [-0.3, -0.25) is 0 Å². The van der Waals surface area contributed by atoms with Crippen LogP contribution in [0.5, 0.6) is 0 Å². The zero-order valence-electron chi connectivity index (χ0n) is 11.2. The van der Waals surface area contributed by atoms with Gasteiger partial charge in [0.05, 0.1) is 0 Å². The van der Waals surface area contributed by atoms with Gasteiger partial charge < -0.3 is 10.2 Å². The summed E-state index contributed by atoms with van der Waals surface area (Å²) < 4.78 is 0. The highest BCUT2D eigenvalue weighted by Crippen LogP contribution is 2.25. The number of hydrogen-bond donors (Lipinski definition) is 1. The van der Waals surface area contributed by atoms with E-state index in [1.807, 2.05) is 35.2 Å². The van der Waals surface area contributed by atoms with E-state index in [9.17, 15) is 4.79 Å². The fourth-order valence-corrected chi connectivity index (χ4v) is 2.70. The SMILES string of the molecule is CCC1CCC(C)N1C(=O)NCc1ccccc1. The van der Waals surface area contributed by atoms with Gasteiger partial charge in [0.2, 0.25) is 0 Å². The summed E-state index contributed by atoms with van der Waals surface area (Å²) in [4.78, 5) is 14.2. The summed E-state index contributed by atoms with van der Waals surface area (Å²) in [6.45, 7) is 4.90. The average Bonchev–Trinajstić information content (AvgIpc) is 2.78. The smallest absolute Gasteiger partial charge is 0.318 e. The molecule has 18 heavy (non-hydrogen) atoms. The summed E-state index contributed by atoms with van der Waals surface area (Å²) in [7, 11) is 0. The molecule has 1 aliphatic heterocycles. The number of rotatable bonds is 3. The third-order valence-corrected chi connectivity index (χ3v) is 3.78. The molecule has 1 aliphatic rings. The Hall–Kier alpha value is -1.51. The normalized spacial score (nSPS) is 23.1. The van der Waals surface area contributed by atoms with Crippen LogP contribution >= 0.6 is 0 Å². The molecule has 1 aromatic carbocycles. The number of likely N-dealkylation sites (tertiary alicyclic amines) is 1. The molecule has 0 aromatic heterocycles. The Labute approximate surface area is 109 Å². The molecule has 0 bridgehead atoms. The molecule has 1 heterocycles. The molecule has 1 fully saturated rings. The maximum absolute atomic E-state index is 12.2. The maximum atomic E-state index is 12.2. The highest BCUT2D eigenvalue weighted by Gasteiger charge is 2.32. The van der Waals surface area contributed by atoms with Crippen LogP contribution < -0.4 is 5.32 Å². The van der Waals surface area contributed by atoms with Crippen LogP contribution in [0.4, 0.5) is 4.79 Å². The molecule has 98 valence electrons. The van der Waals surface area contributed by atoms with Crippen molar-refractivity contribution in [2.24, 2.45) is 0 Å². The standard InChI is InChI=1S/C15H22N2O/c1-3-14-10-9-12(2)17(14)15(18)16-11-13-7-5-4-6-8-13/h4-8,12,14H,3,9-11H2,1-2H3,(H,16,18). The van der Waals surface area contributed by atoms with E-state index < -0.39 is 0 Å². The summed E-state index contributed by atoms with van der Waals surface area (Å²) >= 11 is 0. The zero-order valence-corrected chi connectivity index (χ0v) is 11.2. The number of carbonyl (C=O) groups is 1. The van der Waals surface area contributed by atoms with Crippen LogP contribution in [0.25, 0.3) is 0 Å². The van der Waals surface area contributed by atoms with E-state index in [2.05, 4.69) is 19.2 Å². The monoisotopic (exact) mass is 246 g/mol. The van der Waals surface area contributed by atoms with Crippen molar-refractivity contribution in [1.29, 1.82) is 0 Å². The number of benzene rings is 1. The van der Waals surface area contributed by atoms with Crippen LogP contribution in [0, 0.1) is 0 Å². The topological polar surface area (TPSA) is 32.3 Å². The Morgan fingerprint density at radius 1 is 1.33 bits per heavy atom. The first kappa shape index (κ1) is 12.9. The van der Waals surface area contributed by atoms with Crippen LogP contribution in [0.1, 0.15) is 38.7 Å². The molecular weight excluding hydrogens is 224 g/mol. The van der Waals surface area contributed by atoms with E-state index in [-0.39, 0.29) is 6.03 Å². The molecule has 0 spiro atoms. The number of hydrogen-bond acceptors (Lipinski definition) is 1. The van der Waals surface area contributed by atoms with Gasteiger partial charge in [0.25, 0.3) is 0 Å². The summed E-state index contributed by atoms with van der Waals surface area (Å²) in [5.74, 6) is 0. The van der Waals surface area contributed by atoms with Gasteiger partial charge in [-0.05, 0) is 31.7 Å². The first-order valence-electron chi connectivity index (χ1n) is 6.82. The maximum Gasteiger partial charge on any atom is 0.318 e. The molecule has 3 nitrogen and oxygen atoms in total. The van der Waals surface area contributed by atoms with Crippen molar-refractivity contribution in [3.8, 4) is 0 Å². The third-order valence-electron chi connectivity index (χ3n) is 3.78. The molecule has 0 aliphatic carbocycles. The van der Waals surface area contributed by atoms with Crippen molar-refractivity contribution < 1.29 is 4.79 Å². The first-order chi connectivity index (χ1) is 8.72. The molecular formula is C15H22N2O. The molecule has 3 heteroatoms. The summed E-state index contributed by atoms with van der Waals surface area (Å²) in [6, 6.07) is 10.9. The van der Waals surface area contributed by atoms with E-state index in [0.717, 1.165) is 24.8 Å². The van der Waals surface area contributed by atoms with Crippen molar-refractivity contribution in [3.05, 3.63) is 35.9 Å². The lowest BCUT2D eigenvalue weighted by atomic mass is 10.2. The van der Waals surface area contributed by atoms with Crippen LogP contribution in [-0.4, -0.2) is 23.0 Å². The van der Waals surface area contributed by atoms with Crippen molar-refractivity contribution in [1.82, 2.24) is 10.2 Å². The molecule has 0 saturated carbocycles. The molecule has 2 amide bonds. The van der Waals surface area contributed by atoms with Crippen molar-refractivity contribution in [3.63, 3.8) is 0 Å². The lowest BCUT2D eigenvalue weighted by Crippen LogP contribution is -2.45. The van der Waals surface area contributed by atoms with Gasteiger partial charge in [-0.1, -0.05) is 37.3 Å². The molecule has 2 unspecified atom stereocenters. The van der Waals surface area contributed by atoms with Gasteiger partial charge in [-0.15, -0.1) is 0 Å². The fraction of sp³-hybridized carbons (Fsp3) is 0.533. The summed E-state index contributed by atoms with van der Waals surface area (Å²) in [6.07, 6.45) is 3.30. The quantitative estimate of drug-likeness (QED) is 0.873. The number of urea groups is 1. The Balaban J connectivity index is 1.91. The second-order valence-electron chi connectivity index (χ2n) is 5.04. The van der Waals surface area contributed by atoms with Crippen LogP contribution in [0.2, 0.25) is 0 Å². The predicted octanol–water partition coefficient (Wildman–Crippen LogP) is 3.16. The van der Waals surface area contributed by atoms with Gasteiger partial charge in [-0.2, -0.15) is 0 Å². The van der Waals surface area contributed by atoms with Gasteiger partial charge in [0.1, 0.15) is 0 Å². The summed E-state index contributed by atoms with van der Waals surface area (Å²) in [5.41, 5.74) is 1.14. The molecule has 1 N–H and O–H groups in total. The predicted molar refractivity (Wildman–Crippen MR) is 73.3 cm³/mol. The molecule has 2 rings (SSSR count). The number of nitrogens with zero attached hydrogens (tertiary/aromatic N) is 1. The second-order valence-corrected chi connectivity index (χ2v) is 5.04. The van der Waals surface area contributed by atoms with Crippen LogP contribution in [0.3, 0.4) is 0 Å².